The molecule has 118 valence electrons. The molecule has 1 unspecified atom stereocenters. The van der Waals surface area contributed by atoms with Crippen molar-refractivity contribution in [1.82, 2.24) is 4.90 Å². The molecule has 1 atom stereocenters. The van der Waals surface area contributed by atoms with Crippen molar-refractivity contribution < 1.29 is 23.0 Å². The van der Waals surface area contributed by atoms with Crippen LogP contribution in [-0.2, 0) is 0 Å². The van der Waals surface area contributed by atoms with E-state index in [9.17, 15) is 13.2 Å². The number of halogens is 3. The molecule has 1 fully saturated rings. The van der Waals surface area contributed by atoms with Crippen molar-refractivity contribution in [2.45, 2.75) is 32.2 Å². The maximum Gasteiger partial charge on any atom is 0.573 e. The van der Waals surface area contributed by atoms with Crippen molar-refractivity contribution in [2.75, 3.05) is 19.7 Å². The summed E-state index contributed by atoms with van der Waals surface area (Å²) in [5.41, 5.74) is 0.965. The summed E-state index contributed by atoms with van der Waals surface area (Å²) in [6.07, 6.45) is -2.74. The number of hydrogen-bond donors (Lipinski definition) is 1. The lowest BCUT2D eigenvalue weighted by molar-refractivity contribution is -0.274. The first kappa shape index (κ1) is 16.1. The van der Waals surface area contributed by atoms with Gasteiger partial charge in [-0.2, -0.15) is 0 Å². The maximum absolute atomic E-state index is 12.1. The van der Waals surface area contributed by atoms with Gasteiger partial charge in [-0.1, -0.05) is 12.1 Å². The molecule has 0 aliphatic carbocycles. The summed E-state index contributed by atoms with van der Waals surface area (Å²) >= 11 is 0. The minimum Gasteiger partial charge on any atom is -0.406 e. The van der Waals surface area contributed by atoms with Gasteiger partial charge >= 0.3 is 6.36 Å². The summed E-state index contributed by atoms with van der Waals surface area (Å²) in [5, 5.41) is 9.13. The molecule has 0 saturated carbocycles. The van der Waals surface area contributed by atoms with Crippen LogP contribution in [0.3, 0.4) is 0 Å². The quantitative estimate of drug-likeness (QED) is 0.926. The van der Waals surface area contributed by atoms with Gasteiger partial charge in [0.1, 0.15) is 5.75 Å². The molecule has 1 saturated heterocycles. The summed E-state index contributed by atoms with van der Waals surface area (Å²) in [6.45, 7) is 4.06. The molecule has 1 aromatic carbocycles. The number of aliphatic hydroxyl groups excluding tert-OH is 1. The third kappa shape index (κ3) is 4.61. The van der Waals surface area contributed by atoms with Crippen LogP contribution in [0.2, 0.25) is 0 Å². The van der Waals surface area contributed by atoms with Gasteiger partial charge in [-0.15, -0.1) is 13.2 Å². The van der Waals surface area contributed by atoms with E-state index in [-0.39, 0.29) is 18.4 Å². The van der Waals surface area contributed by atoms with Crippen LogP contribution in [0.1, 0.15) is 31.4 Å². The van der Waals surface area contributed by atoms with Crippen molar-refractivity contribution in [3.8, 4) is 5.75 Å². The summed E-state index contributed by atoms with van der Waals surface area (Å²) < 4.78 is 40.2. The molecule has 1 N–H and O–H groups in total. The topological polar surface area (TPSA) is 32.7 Å². The van der Waals surface area contributed by atoms with Crippen LogP contribution in [0, 0.1) is 5.92 Å². The van der Waals surface area contributed by atoms with Gasteiger partial charge in [0, 0.05) is 12.6 Å². The summed E-state index contributed by atoms with van der Waals surface area (Å²) in [5.74, 6) is 0.174. The van der Waals surface area contributed by atoms with Crippen molar-refractivity contribution in [3.05, 3.63) is 29.8 Å². The third-order valence-electron chi connectivity index (χ3n) is 4.05. The average molecular weight is 303 g/mol. The van der Waals surface area contributed by atoms with E-state index in [1.54, 1.807) is 12.1 Å². The number of likely N-dealkylation sites (tertiary alicyclic amines) is 1. The summed E-state index contributed by atoms with van der Waals surface area (Å²) in [7, 11) is 0. The SMILES string of the molecule is CC(c1ccc(OC(F)(F)F)cc1)N1CCC(CO)CC1. The Bertz CT molecular complexity index is 439. The minimum absolute atomic E-state index is 0.143. The Labute approximate surface area is 122 Å². The van der Waals surface area contributed by atoms with Gasteiger partial charge in [0.2, 0.25) is 0 Å². The van der Waals surface area contributed by atoms with Crippen molar-refractivity contribution in [1.29, 1.82) is 0 Å². The van der Waals surface area contributed by atoms with Gasteiger partial charge < -0.3 is 9.84 Å². The molecule has 0 spiro atoms. The van der Waals surface area contributed by atoms with Gasteiger partial charge in [0.05, 0.1) is 0 Å². The minimum atomic E-state index is -4.65. The number of ether oxygens (including phenoxy) is 1. The second kappa shape index (κ2) is 6.66. The van der Waals surface area contributed by atoms with E-state index in [1.807, 2.05) is 6.92 Å². The summed E-state index contributed by atoms with van der Waals surface area (Å²) in [6, 6.07) is 6.18. The van der Waals surface area contributed by atoms with E-state index in [4.69, 9.17) is 5.11 Å². The van der Waals surface area contributed by atoms with E-state index in [0.717, 1.165) is 31.5 Å². The number of alkyl halides is 3. The van der Waals surface area contributed by atoms with Crippen molar-refractivity contribution >= 4 is 0 Å². The van der Waals surface area contributed by atoms with E-state index in [2.05, 4.69) is 9.64 Å². The highest BCUT2D eigenvalue weighted by Gasteiger charge is 2.31. The van der Waals surface area contributed by atoms with Crippen molar-refractivity contribution in [2.24, 2.45) is 5.92 Å². The maximum atomic E-state index is 12.1. The Hall–Kier alpha value is -1.27. The van der Waals surface area contributed by atoms with Gasteiger partial charge in [0.25, 0.3) is 0 Å². The molecular weight excluding hydrogens is 283 g/mol. The molecule has 1 heterocycles. The molecule has 0 aromatic heterocycles. The molecule has 2 rings (SSSR count). The van der Waals surface area contributed by atoms with E-state index >= 15 is 0 Å². The van der Waals surface area contributed by atoms with Crippen LogP contribution in [0.4, 0.5) is 13.2 Å². The van der Waals surface area contributed by atoms with Crippen LogP contribution in [-0.4, -0.2) is 36.1 Å². The fourth-order valence-corrected chi connectivity index (χ4v) is 2.68. The largest absolute Gasteiger partial charge is 0.573 e. The monoisotopic (exact) mass is 303 g/mol. The summed E-state index contributed by atoms with van der Waals surface area (Å²) in [4.78, 5) is 2.28. The molecule has 1 aliphatic heterocycles. The number of rotatable bonds is 4. The Kier molecular flexibility index (Phi) is 5.11. The third-order valence-corrected chi connectivity index (χ3v) is 4.05. The number of nitrogens with zero attached hydrogens (tertiary/aromatic N) is 1. The van der Waals surface area contributed by atoms with Crippen LogP contribution < -0.4 is 4.74 Å². The van der Waals surface area contributed by atoms with E-state index in [0.29, 0.717) is 5.92 Å². The predicted octanol–water partition coefficient (Wildman–Crippen LogP) is 3.35. The first-order valence-corrected chi connectivity index (χ1v) is 7.09. The van der Waals surface area contributed by atoms with Gasteiger partial charge in [-0.3, -0.25) is 4.90 Å². The van der Waals surface area contributed by atoms with Gasteiger partial charge in [0.15, 0.2) is 0 Å². The molecule has 6 heteroatoms. The first-order valence-electron chi connectivity index (χ1n) is 7.09. The highest BCUT2D eigenvalue weighted by atomic mass is 19.4. The number of piperidine rings is 1. The fraction of sp³-hybridized carbons (Fsp3) is 0.600. The smallest absolute Gasteiger partial charge is 0.406 e. The molecule has 0 radical (unpaired) electrons. The molecule has 0 amide bonds. The van der Waals surface area contributed by atoms with Gasteiger partial charge in [-0.05, 0) is 56.5 Å². The van der Waals surface area contributed by atoms with Crippen LogP contribution in [0.5, 0.6) is 5.75 Å². The lowest BCUT2D eigenvalue weighted by Crippen LogP contribution is -2.36. The molecule has 3 nitrogen and oxygen atoms in total. The average Bonchev–Trinajstić information content (AvgIpc) is 2.46. The molecule has 1 aromatic rings. The normalized spacial score (nSPS) is 19.5. The number of benzene rings is 1. The molecule has 0 bridgehead atoms. The van der Waals surface area contributed by atoms with Gasteiger partial charge in [-0.25, -0.2) is 0 Å². The Morgan fingerprint density at radius 3 is 2.29 bits per heavy atom. The molecule has 21 heavy (non-hydrogen) atoms. The zero-order valence-electron chi connectivity index (χ0n) is 11.9. The predicted molar refractivity (Wildman–Crippen MR) is 72.9 cm³/mol. The lowest BCUT2D eigenvalue weighted by atomic mass is 9.95. The second-order valence-corrected chi connectivity index (χ2v) is 5.45. The van der Waals surface area contributed by atoms with Crippen LogP contribution in [0.15, 0.2) is 24.3 Å². The second-order valence-electron chi connectivity index (χ2n) is 5.45. The van der Waals surface area contributed by atoms with Crippen molar-refractivity contribution in [3.63, 3.8) is 0 Å². The Morgan fingerprint density at radius 1 is 1.24 bits per heavy atom. The van der Waals surface area contributed by atoms with E-state index in [1.165, 1.54) is 12.1 Å². The molecule has 1 aliphatic rings. The number of hydrogen-bond acceptors (Lipinski definition) is 3. The standard InChI is InChI=1S/C15H20F3NO2/c1-11(19-8-6-12(10-20)7-9-19)13-2-4-14(5-3-13)21-15(16,17)18/h2-5,11-12,20H,6-10H2,1H3. The highest BCUT2D eigenvalue weighted by Crippen LogP contribution is 2.29. The number of aliphatic hydroxyl groups is 1. The zero-order valence-corrected chi connectivity index (χ0v) is 11.9. The van der Waals surface area contributed by atoms with Crippen LogP contribution >= 0.6 is 0 Å². The fourth-order valence-electron chi connectivity index (χ4n) is 2.68. The molecular formula is C15H20F3NO2. The van der Waals surface area contributed by atoms with Crippen LogP contribution in [0.25, 0.3) is 0 Å². The zero-order chi connectivity index (χ0) is 15.5. The van der Waals surface area contributed by atoms with E-state index < -0.39 is 6.36 Å². The Balaban J connectivity index is 1.95. The highest BCUT2D eigenvalue weighted by molar-refractivity contribution is 5.29. The lowest BCUT2D eigenvalue weighted by Gasteiger charge is -2.35. The Morgan fingerprint density at radius 2 is 1.81 bits per heavy atom. The first-order chi connectivity index (χ1) is 9.89.